The molecule has 0 radical (unpaired) electrons. The van der Waals surface area contributed by atoms with Gasteiger partial charge in [0.25, 0.3) is 0 Å². The Balaban J connectivity index is 1.86. The van der Waals surface area contributed by atoms with E-state index < -0.39 is 0 Å². The molecule has 1 heterocycles. The normalized spacial score (nSPS) is 18.8. The molecule has 2 rings (SSSR count). The second-order valence-electron chi connectivity index (χ2n) is 5.42. The van der Waals surface area contributed by atoms with Gasteiger partial charge >= 0.3 is 0 Å². The zero-order chi connectivity index (χ0) is 13.7. The highest BCUT2D eigenvalue weighted by molar-refractivity contribution is 5.81. The summed E-state index contributed by atoms with van der Waals surface area (Å²) in [5, 5.41) is 6.22. The van der Waals surface area contributed by atoms with Crippen LogP contribution in [0.25, 0.3) is 0 Å². The summed E-state index contributed by atoms with van der Waals surface area (Å²) in [6.45, 7) is 2.49. The molecule has 1 aliphatic heterocycles. The summed E-state index contributed by atoms with van der Waals surface area (Å²) < 4.78 is 0. The van der Waals surface area contributed by atoms with Crippen LogP contribution in [0, 0.1) is 0 Å². The van der Waals surface area contributed by atoms with Crippen molar-refractivity contribution in [1.82, 2.24) is 15.5 Å². The van der Waals surface area contributed by atoms with Crippen LogP contribution in [0.4, 0.5) is 0 Å². The SMILES string of the molecule is CN(C)Cc1cccc(CNC(=O)[C@@H]2CCCN2)c1. The quantitative estimate of drug-likeness (QED) is 0.835. The Bertz CT molecular complexity index is 425. The van der Waals surface area contributed by atoms with Gasteiger partial charge in [0.1, 0.15) is 0 Å². The largest absolute Gasteiger partial charge is 0.351 e. The molecule has 1 aromatic rings. The minimum atomic E-state index is 0.00459. The van der Waals surface area contributed by atoms with E-state index in [-0.39, 0.29) is 11.9 Å². The van der Waals surface area contributed by atoms with Gasteiger partial charge in [-0.25, -0.2) is 0 Å². The van der Waals surface area contributed by atoms with E-state index in [0.29, 0.717) is 6.54 Å². The maximum absolute atomic E-state index is 11.9. The third-order valence-corrected chi connectivity index (χ3v) is 3.33. The summed E-state index contributed by atoms with van der Waals surface area (Å²) >= 11 is 0. The van der Waals surface area contributed by atoms with Crippen molar-refractivity contribution in [2.45, 2.75) is 32.0 Å². The third kappa shape index (κ3) is 4.33. The smallest absolute Gasteiger partial charge is 0.237 e. The van der Waals surface area contributed by atoms with Crippen molar-refractivity contribution in [1.29, 1.82) is 0 Å². The molecule has 1 atom stereocenters. The number of carbonyl (C=O) groups is 1. The van der Waals surface area contributed by atoms with Crippen molar-refractivity contribution in [2.24, 2.45) is 0 Å². The van der Waals surface area contributed by atoms with Crippen LogP contribution in [-0.2, 0) is 17.9 Å². The van der Waals surface area contributed by atoms with Crippen LogP contribution in [0.15, 0.2) is 24.3 Å². The summed E-state index contributed by atoms with van der Waals surface area (Å²) in [5.41, 5.74) is 2.43. The van der Waals surface area contributed by atoms with Crippen LogP contribution < -0.4 is 10.6 Å². The Hall–Kier alpha value is -1.39. The highest BCUT2D eigenvalue weighted by Crippen LogP contribution is 2.08. The van der Waals surface area contributed by atoms with Crippen molar-refractivity contribution in [2.75, 3.05) is 20.6 Å². The Labute approximate surface area is 115 Å². The summed E-state index contributed by atoms with van der Waals surface area (Å²) in [4.78, 5) is 14.0. The molecule has 1 fully saturated rings. The first-order valence-corrected chi connectivity index (χ1v) is 6.89. The van der Waals surface area contributed by atoms with E-state index >= 15 is 0 Å². The Morgan fingerprint density at radius 1 is 1.42 bits per heavy atom. The van der Waals surface area contributed by atoms with Crippen LogP contribution in [0.3, 0.4) is 0 Å². The van der Waals surface area contributed by atoms with Gasteiger partial charge in [-0.2, -0.15) is 0 Å². The van der Waals surface area contributed by atoms with Crippen molar-refractivity contribution in [3.8, 4) is 0 Å². The van der Waals surface area contributed by atoms with E-state index in [1.54, 1.807) is 0 Å². The lowest BCUT2D eigenvalue weighted by Crippen LogP contribution is -2.40. The highest BCUT2D eigenvalue weighted by Gasteiger charge is 2.21. The lowest BCUT2D eigenvalue weighted by atomic mass is 10.1. The average Bonchev–Trinajstić information content (AvgIpc) is 2.89. The fourth-order valence-electron chi connectivity index (χ4n) is 2.42. The number of carbonyl (C=O) groups excluding carboxylic acids is 1. The number of rotatable bonds is 5. The van der Waals surface area contributed by atoms with Crippen LogP contribution in [-0.4, -0.2) is 37.5 Å². The highest BCUT2D eigenvalue weighted by atomic mass is 16.2. The monoisotopic (exact) mass is 261 g/mol. The van der Waals surface area contributed by atoms with Gasteiger partial charge in [-0.1, -0.05) is 24.3 Å². The number of nitrogens with one attached hydrogen (secondary N) is 2. The molecule has 1 saturated heterocycles. The lowest BCUT2D eigenvalue weighted by Gasteiger charge is -2.13. The molecule has 0 saturated carbocycles. The van der Waals surface area contributed by atoms with Gasteiger partial charge in [-0.3, -0.25) is 4.79 Å². The second-order valence-corrected chi connectivity index (χ2v) is 5.42. The molecular weight excluding hydrogens is 238 g/mol. The Morgan fingerprint density at radius 2 is 2.21 bits per heavy atom. The zero-order valence-corrected chi connectivity index (χ0v) is 11.8. The average molecular weight is 261 g/mol. The number of nitrogens with zero attached hydrogens (tertiary/aromatic N) is 1. The first-order chi connectivity index (χ1) is 9.15. The maximum atomic E-state index is 11.9. The third-order valence-electron chi connectivity index (χ3n) is 3.33. The van der Waals surface area contributed by atoms with Gasteiger partial charge in [0.15, 0.2) is 0 Å². The van der Waals surface area contributed by atoms with Gasteiger partial charge in [0, 0.05) is 13.1 Å². The van der Waals surface area contributed by atoms with Crippen molar-refractivity contribution in [3.05, 3.63) is 35.4 Å². The molecule has 0 aromatic heterocycles. The van der Waals surface area contributed by atoms with Crippen molar-refractivity contribution in [3.63, 3.8) is 0 Å². The molecule has 0 spiro atoms. The molecule has 1 aromatic carbocycles. The predicted molar refractivity (Wildman–Crippen MR) is 76.7 cm³/mol. The van der Waals surface area contributed by atoms with E-state index in [1.165, 1.54) is 5.56 Å². The van der Waals surface area contributed by atoms with E-state index in [0.717, 1.165) is 31.5 Å². The first kappa shape index (κ1) is 14.0. The minimum Gasteiger partial charge on any atom is -0.351 e. The van der Waals surface area contributed by atoms with Gasteiger partial charge < -0.3 is 15.5 Å². The van der Waals surface area contributed by atoms with Crippen LogP contribution in [0.1, 0.15) is 24.0 Å². The topological polar surface area (TPSA) is 44.4 Å². The van der Waals surface area contributed by atoms with Crippen molar-refractivity contribution >= 4 is 5.91 Å². The Morgan fingerprint density at radius 3 is 2.89 bits per heavy atom. The fraction of sp³-hybridized carbons (Fsp3) is 0.533. The number of hydrogen-bond donors (Lipinski definition) is 2. The molecule has 19 heavy (non-hydrogen) atoms. The molecule has 1 amide bonds. The van der Waals surface area contributed by atoms with E-state index in [9.17, 15) is 4.79 Å². The van der Waals surface area contributed by atoms with Gasteiger partial charge in [-0.05, 0) is 44.6 Å². The molecule has 4 heteroatoms. The van der Waals surface area contributed by atoms with Crippen LogP contribution >= 0.6 is 0 Å². The first-order valence-electron chi connectivity index (χ1n) is 6.89. The standard InChI is InChI=1S/C15H23N3O/c1-18(2)11-13-6-3-5-12(9-13)10-17-15(19)14-7-4-8-16-14/h3,5-6,9,14,16H,4,7-8,10-11H2,1-2H3,(H,17,19)/t14-/m0/s1. The lowest BCUT2D eigenvalue weighted by molar-refractivity contribution is -0.122. The second kappa shape index (κ2) is 6.68. The van der Waals surface area contributed by atoms with Crippen molar-refractivity contribution < 1.29 is 4.79 Å². The van der Waals surface area contributed by atoms with E-state index in [1.807, 2.05) is 6.07 Å². The summed E-state index contributed by atoms with van der Waals surface area (Å²) in [5.74, 6) is 0.121. The Kier molecular flexibility index (Phi) is 4.93. The molecule has 0 unspecified atom stereocenters. The molecule has 2 N–H and O–H groups in total. The molecular formula is C15H23N3O. The summed E-state index contributed by atoms with van der Waals surface area (Å²) in [6.07, 6.45) is 2.04. The minimum absolute atomic E-state index is 0.00459. The fourth-order valence-corrected chi connectivity index (χ4v) is 2.42. The number of hydrogen-bond acceptors (Lipinski definition) is 3. The molecule has 4 nitrogen and oxygen atoms in total. The molecule has 0 aliphatic carbocycles. The molecule has 1 aliphatic rings. The van der Waals surface area contributed by atoms with Gasteiger partial charge in [0.2, 0.25) is 5.91 Å². The van der Waals surface area contributed by atoms with Gasteiger partial charge in [-0.15, -0.1) is 0 Å². The summed E-state index contributed by atoms with van der Waals surface area (Å²) in [7, 11) is 4.11. The van der Waals surface area contributed by atoms with Gasteiger partial charge in [0.05, 0.1) is 6.04 Å². The number of benzene rings is 1. The molecule has 104 valence electrons. The molecule has 0 bridgehead atoms. The number of amides is 1. The van der Waals surface area contributed by atoms with E-state index in [4.69, 9.17) is 0 Å². The summed E-state index contributed by atoms with van der Waals surface area (Å²) in [6, 6.07) is 8.38. The van der Waals surface area contributed by atoms with Crippen LogP contribution in [0.5, 0.6) is 0 Å². The van der Waals surface area contributed by atoms with E-state index in [2.05, 4.69) is 47.8 Å². The maximum Gasteiger partial charge on any atom is 0.237 e. The predicted octanol–water partition coefficient (Wildman–Crippen LogP) is 1.12. The van der Waals surface area contributed by atoms with Crippen LogP contribution in [0.2, 0.25) is 0 Å². The zero-order valence-electron chi connectivity index (χ0n) is 11.8.